The van der Waals surface area contributed by atoms with Crippen molar-refractivity contribution < 1.29 is 59.3 Å². The van der Waals surface area contributed by atoms with Crippen LogP contribution in [0.15, 0.2) is 107 Å². The van der Waals surface area contributed by atoms with Crippen LogP contribution in [0.4, 0.5) is 0 Å². The van der Waals surface area contributed by atoms with Crippen LogP contribution in [-0.4, -0.2) is 82.9 Å². The number of thiophene rings is 1. The lowest BCUT2D eigenvalue weighted by molar-refractivity contribution is 0.0471. The summed E-state index contributed by atoms with van der Waals surface area (Å²) in [6.45, 7) is 8.55. The molecule has 0 amide bonds. The van der Waals surface area contributed by atoms with Crippen molar-refractivity contribution in [3.05, 3.63) is 162 Å². The quantitative estimate of drug-likeness (QED) is 0.0189. The van der Waals surface area contributed by atoms with Crippen molar-refractivity contribution in [1.82, 2.24) is 9.97 Å². The number of carbonyl (C=O) groups excluding carboxylic acids is 4. The first kappa shape index (κ1) is 49.5. The number of aromatic hydroxyl groups is 5. The molecule has 66 heavy (non-hydrogen) atoms. The van der Waals surface area contributed by atoms with E-state index in [4.69, 9.17) is 14.6 Å². The van der Waals surface area contributed by atoms with Gasteiger partial charge in [-0.25, -0.2) is 9.78 Å². The highest BCUT2D eigenvalue weighted by molar-refractivity contribution is 7.99. The van der Waals surface area contributed by atoms with E-state index < -0.39 is 12.6 Å². The molecule has 15 nitrogen and oxygen atoms in total. The Hall–Kier alpha value is -7.47. The third-order valence-electron chi connectivity index (χ3n) is 9.83. The number of hydrogen-bond acceptors (Lipinski definition) is 16. The highest BCUT2D eigenvalue weighted by Gasteiger charge is 2.18. The zero-order chi connectivity index (χ0) is 48.2. The molecule has 342 valence electrons. The molecular weight excluding hydrogens is 889 g/mol. The molecule has 0 bridgehead atoms. The van der Waals surface area contributed by atoms with Crippen LogP contribution < -0.4 is 10.3 Å². The number of benzene rings is 5. The maximum absolute atomic E-state index is 12.2. The maximum atomic E-state index is 12.2. The van der Waals surface area contributed by atoms with Gasteiger partial charge in [-0.2, -0.15) is 0 Å². The van der Waals surface area contributed by atoms with Crippen LogP contribution in [0.3, 0.4) is 0 Å². The monoisotopic (exact) mass is 934 g/mol. The van der Waals surface area contributed by atoms with Crippen LogP contribution in [0.1, 0.15) is 74.1 Å². The normalized spacial score (nSPS) is 10.6. The Labute approximate surface area is 386 Å². The van der Waals surface area contributed by atoms with E-state index in [1.54, 1.807) is 56.3 Å². The lowest BCUT2D eigenvalue weighted by Gasteiger charge is -2.08. The van der Waals surface area contributed by atoms with Gasteiger partial charge in [0.25, 0.3) is 5.56 Å². The summed E-state index contributed by atoms with van der Waals surface area (Å²) in [4.78, 5) is 69.0. The third kappa shape index (κ3) is 13.1. The number of aliphatic hydroxyl groups is 1. The van der Waals surface area contributed by atoms with E-state index in [2.05, 4.69) is 9.97 Å². The minimum Gasteiger partial charge on any atom is -0.508 e. The number of phenolic OH excluding ortho intramolecular Hbond substituents is 5. The summed E-state index contributed by atoms with van der Waals surface area (Å²) >= 11 is 2.57. The van der Waals surface area contributed by atoms with Gasteiger partial charge in [0, 0.05) is 22.1 Å². The molecule has 0 saturated carbocycles. The molecule has 7 aromatic rings. The van der Waals surface area contributed by atoms with E-state index in [1.165, 1.54) is 47.7 Å². The van der Waals surface area contributed by atoms with Crippen molar-refractivity contribution >= 4 is 56.6 Å². The first-order valence-corrected chi connectivity index (χ1v) is 21.8. The molecular formula is C49H46N2O13S2. The summed E-state index contributed by atoms with van der Waals surface area (Å²) in [6.07, 6.45) is 0. The standard InChI is InChI=1S/C17H16O5.C16H14N2O4S2.C16H16O4/c1-11-2-7-15(19)14(8-11)17(21)22-10-16(20)13-5-3-12(9-18)4-6-13;1-7-8(2)24-15-13(7)14(22)17-16(18-15)23-6-12(21)9-3-4-10(19)11(20)5-9;1-10-3-5-12(6-4-10)20-9-16(19)13-7-11(2)14(17)8-15(13)18/h2-8,18-19H,9-10H2,1H3;3-5,19-20H,6H2,1-2H3,(H,17,18,22);3-8,17-18H,9H2,1-2H3. The molecule has 0 spiro atoms. The van der Waals surface area contributed by atoms with E-state index >= 15 is 0 Å². The first-order chi connectivity index (χ1) is 31.3. The highest BCUT2D eigenvalue weighted by atomic mass is 32.2. The molecule has 7 N–H and O–H groups in total. The highest BCUT2D eigenvalue weighted by Crippen LogP contribution is 2.30. The van der Waals surface area contributed by atoms with Crippen molar-refractivity contribution in [2.45, 2.75) is 46.4 Å². The molecule has 0 fully saturated rings. The van der Waals surface area contributed by atoms with Gasteiger partial charge in [0.2, 0.25) is 5.78 Å². The van der Waals surface area contributed by atoms with Gasteiger partial charge in [0.05, 0.1) is 23.3 Å². The summed E-state index contributed by atoms with van der Waals surface area (Å²) in [5.41, 5.74) is 4.69. The molecule has 0 saturated heterocycles. The van der Waals surface area contributed by atoms with Crippen LogP contribution >= 0.6 is 23.1 Å². The van der Waals surface area contributed by atoms with Crippen molar-refractivity contribution in [2.24, 2.45) is 0 Å². The Morgan fingerprint density at radius 1 is 0.652 bits per heavy atom. The number of rotatable bonds is 13. The Balaban J connectivity index is 0.000000186. The van der Waals surface area contributed by atoms with Crippen LogP contribution in [-0.2, 0) is 11.3 Å². The number of thioether (sulfide) groups is 1. The van der Waals surface area contributed by atoms with E-state index in [0.29, 0.717) is 37.8 Å². The number of carbonyl (C=O) groups is 4. The fourth-order valence-corrected chi connectivity index (χ4v) is 7.73. The third-order valence-corrected chi connectivity index (χ3v) is 11.8. The molecule has 0 atom stereocenters. The zero-order valence-corrected chi connectivity index (χ0v) is 38.0. The Bertz CT molecular complexity index is 2960. The molecule has 2 aromatic heterocycles. The van der Waals surface area contributed by atoms with Crippen molar-refractivity contribution in [2.75, 3.05) is 19.0 Å². The number of phenols is 5. The lowest BCUT2D eigenvalue weighted by Crippen LogP contribution is -2.14. The van der Waals surface area contributed by atoms with Gasteiger partial charge in [-0.1, -0.05) is 65.4 Å². The van der Waals surface area contributed by atoms with E-state index in [9.17, 15) is 49.5 Å². The van der Waals surface area contributed by atoms with E-state index in [1.807, 2.05) is 32.9 Å². The summed E-state index contributed by atoms with van der Waals surface area (Å²) in [5, 5.41) is 57.4. The largest absolute Gasteiger partial charge is 0.508 e. The van der Waals surface area contributed by atoms with Crippen LogP contribution in [0.2, 0.25) is 0 Å². The molecule has 0 unspecified atom stereocenters. The Morgan fingerprint density at radius 2 is 1.30 bits per heavy atom. The number of nitrogens with zero attached hydrogens (tertiary/aromatic N) is 1. The van der Waals surface area contributed by atoms with Crippen LogP contribution in [0.25, 0.3) is 10.2 Å². The fraction of sp³-hybridized carbons (Fsp3) is 0.184. The zero-order valence-electron chi connectivity index (χ0n) is 36.4. The topological polar surface area (TPSA) is 254 Å². The molecule has 17 heteroatoms. The van der Waals surface area contributed by atoms with Crippen molar-refractivity contribution in [3.8, 4) is 34.5 Å². The lowest BCUT2D eigenvalue weighted by atomic mass is 10.1. The van der Waals surface area contributed by atoms with Gasteiger partial charge < -0.3 is 45.1 Å². The van der Waals surface area contributed by atoms with Crippen LogP contribution in [0.5, 0.6) is 34.5 Å². The number of esters is 1. The predicted octanol–water partition coefficient (Wildman–Crippen LogP) is 8.20. The smallest absolute Gasteiger partial charge is 0.342 e. The summed E-state index contributed by atoms with van der Waals surface area (Å²) < 4.78 is 10.3. The Morgan fingerprint density at radius 3 is 1.97 bits per heavy atom. The number of fused-ring (bicyclic) bond motifs is 1. The fourth-order valence-electron chi connectivity index (χ4n) is 5.89. The van der Waals surface area contributed by atoms with E-state index in [-0.39, 0.29) is 87.3 Å². The number of nitrogens with one attached hydrogen (secondary N) is 1. The molecule has 0 aliphatic carbocycles. The molecule has 0 radical (unpaired) electrons. The average molecular weight is 935 g/mol. The number of aliphatic hydroxyl groups excluding tert-OH is 1. The van der Waals surface area contributed by atoms with E-state index in [0.717, 1.165) is 39.4 Å². The van der Waals surface area contributed by atoms with Gasteiger partial charge in [-0.15, -0.1) is 11.3 Å². The van der Waals surface area contributed by atoms with Gasteiger partial charge in [-0.05, 0) is 99.8 Å². The second-order valence-electron chi connectivity index (χ2n) is 14.8. The summed E-state index contributed by atoms with van der Waals surface area (Å²) in [5.74, 6) is -2.13. The number of H-pyrrole nitrogens is 1. The minimum atomic E-state index is -0.749. The summed E-state index contributed by atoms with van der Waals surface area (Å²) in [6, 6.07) is 24.8. The van der Waals surface area contributed by atoms with Gasteiger partial charge >= 0.3 is 5.97 Å². The van der Waals surface area contributed by atoms with Gasteiger partial charge in [-0.3, -0.25) is 19.2 Å². The van der Waals surface area contributed by atoms with Crippen LogP contribution in [0, 0.1) is 34.6 Å². The second-order valence-corrected chi connectivity index (χ2v) is 17.0. The van der Waals surface area contributed by atoms with Crippen molar-refractivity contribution in [3.63, 3.8) is 0 Å². The number of aromatic amines is 1. The van der Waals surface area contributed by atoms with Crippen molar-refractivity contribution in [1.29, 1.82) is 0 Å². The number of hydrogen-bond donors (Lipinski definition) is 7. The molecule has 0 aliphatic heterocycles. The van der Waals surface area contributed by atoms with Gasteiger partial charge in [0.15, 0.2) is 41.4 Å². The number of Topliss-reactive ketones (excluding diaryl/α,β-unsaturated/α-hetero) is 3. The number of aromatic nitrogens is 2. The SMILES string of the molecule is Cc1ccc(O)c(C(=O)OCC(=O)c2ccc(CO)cc2)c1.Cc1ccc(OCC(=O)c2cc(C)c(O)cc2O)cc1.Cc1sc2nc(SCC(=O)c3ccc(O)c(O)c3)[nH]c(=O)c2c1C. The number of aryl methyl sites for hydroxylation is 5. The second kappa shape index (κ2) is 22.4. The number of ketones is 3. The molecule has 0 aliphatic rings. The predicted molar refractivity (Wildman–Crippen MR) is 250 cm³/mol. The van der Waals surface area contributed by atoms with Gasteiger partial charge in [0.1, 0.15) is 33.4 Å². The summed E-state index contributed by atoms with van der Waals surface area (Å²) in [7, 11) is 0. The molecule has 5 aromatic carbocycles. The maximum Gasteiger partial charge on any atom is 0.342 e. The first-order valence-electron chi connectivity index (χ1n) is 20.0. The number of ether oxygens (including phenoxy) is 2. The molecule has 7 rings (SSSR count). The minimum absolute atomic E-state index is 0.0310. The Kier molecular flexibility index (Phi) is 16.8. The average Bonchev–Trinajstić information content (AvgIpc) is 3.59. The molecule has 2 heterocycles.